The lowest BCUT2D eigenvalue weighted by molar-refractivity contribution is 0.594. The van der Waals surface area contributed by atoms with Crippen LogP contribution in [-0.2, 0) is 6.42 Å². The Kier molecular flexibility index (Phi) is 1.67. The summed E-state index contributed by atoms with van der Waals surface area (Å²) in [5, 5.41) is 0. The van der Waals surface area contributed by atoms with Gasteiger partial charge in [0.05, 0.1) is 0 Å². The van der Waals surface area contributed by atoms with Crippen molar-refractivity contribution in [1.29, 1.82) is 0 Å². The van der Waals surface area contributed by atoms with E-state index in [2.05, 4.69) is 13.0 Å². The number of rotatable bonds is 0. The molecule has 0 radical (unpaired) electrons. The van der Waals surface area contributed by atoms with Crippen molar-refractivity contribution in [1.82, 2.24) is 0 Å². The number of halogens is 1. The van der Waals surface area contributed by atoms with Gasteiger partial charge >= 0.3 is 0 Å². The molecule has 1 heteroatoms. The third kappa shape index (κ3) is 1.04. The molecule has 0 fully saturated rings. The molecule has 0 amide bonds. The highest BCUT2D eigenvalue weighted by Crippen LogP contribution is 2.34. The van der Waals surface area contributed by atoms with E-state index in [0.29, 0.717) is 5.92 Å². The Balaban J connectivity index is 2.60. The zero-order chi connectivity index (χ0) is 8.72. The minimum Gasteiger partial charge on any atom is -0.207 e. The van der Waals surface area contributed by atoms with Crippen LogP contribution in [0, 0.1) is 12.7 Å². The predicted molar refractivity (Wildman–Crippen MR) is 47.9 cm³/mol. The highest BCUT2D eigenvalue weighted by atomic mass is 19.1. The van der Waals surface area contributed by atoms with E-state index in [1.165, 1.54) is 5.56 Å². The lowest BCUT2D eigenvalue weighted by Gasteiger charge is -2.06. The molecule has 0 aromatic heterocycles. The van der Waals surface area contributed by atoms with Gasteiger partial charge in [-0.1, -0.05) is 13.0 Å². The van der Waals surface area contributed by atoms with Crippen LogP contribution in [-0.4, -0.2) is 0 Å². The smallest absolute Gasteiger partial charge is 0.127 e. The van der Waals surface area contributed by atoms with Crippen LogP contribution in [0.5, 0.6) is 0 Å². The Labute approximate surface area is 72.4 Å². The number of aryl methyl sites for hydroxylation is 2. The number of hydrogen-bond acceptors (Lipinski definition) is 0. The predicted octanol–water partition coefficient (Wildman–Crippen LogP) is 3.18. The fourth-order valence-electron chi connectivity index (χ4n) is 2.10. The van der Waals surface area contributed by atoms with Gasteiger partial charge in [-0.2, -0.15) is 0 Å². The van der Waals surface area contributed by atoms with Crippen LogP contribution in [0.1, 0.15) is 36.0 Å². The van der Waals surface area contributed by atoms with E-state index in [1.807, 2.05) is 6.92 Å². The van der Waals surface area contributed by atoms with Crippen LogP contribution in [0.25, 0.3) is 0 Å². The molecular formula is C11H13F. The summed E-state index contributed by atoms with van der Waals surface area (Å²) in [5.74, 6) is 0.413. The number of fused-ring (bicyclic) bond motifs is 1. The van der Waals surface area contributed by atoms with E-state index >= 15 is 0 Å². The third-order valence-electron chi connectivity index (χ3n) is 2.70. The quantitative estimate of drug-likeness (QED) is 0.552. The number of hydrogen-bond donors (Lipinski definition) is 0. The zero-order valence-corrected chi connectivity index (χ0v) is 7.52. The zero-order valence-electron chi connectivity index (χ0n) is 7.52. The Bertz CT molecular complexity index is 315. The summed E-state index contributed by atoms with van der Waals surface area (Å²) in [5.41, 5.74) is 3.22. The minimum atomic E-state index is -0.00463. The summed E-state index contributed by atoms with van der Waals surface area (Å²) in [6.45, 7) is 4.05. The topological polar surface area (TPSA) is 0 Å². The molecule has 0 aliphatic heterocycles. The first kappa shape index (κ1) is 7.78. The molecule has 1 aromatic carbocycles. The second-order valence-electron chi connectivity index (χ2n) is 3.76. The van der Waals surface area contributed by atoms with Gasteiger partial charge in [-0.15, -0.1) is 0 Å². The van der Waals surface area contributed by atoms with E-state index in [1.54, 1.807) is 6.07 Å². The minimum absolute atomic E-state index is 0.00463. The SMILES string of the molecule is Cc1cc(F)c2c(c1)CCC2C. The fraction of sp³-hybridized carbons (Fsp3) is 0.455. The molecule has 0 spiro atoms. The summed E-state index contributed by atoms with van der Waals surface area (Å²) in [7, 11) is 0. The molecule has 0 heterocycles. The molecule has 0 saturated carbocycles. The molecule has 0 nitrogen and oxygen atoms in total. The molecule has 1 atom stereocenters. The summed E-state index contributed by atoms with van der Waals surface area (Å²) >= 11 is 0. The van der Waals surface area contributed by atoms with Gasteiger partial charge in [0, 0.05) is 0 Å². The summed E-state index contributed by atoms with van der Waals surface area (Å²) in [6, 6.07) is 3.75. The molecule has 1 aromatic rings. The van der Waals surface area contributed by atoms with Gasteiger partial charge in [0.25, 0.3) is 0 Å². The van der Waals surface area contributed by atoms with Crippen molar-refractivity contribution < 1.29 is 4.39 Å². The van der Waals surface area contributed by atoms with Crippen LogP contribution < -0.4 is 0 Å². The molecule has 0 saturated heterocycles. The normalized spacial score (nSPS) is 21.1. The highest BCUT2D eigenvalue weighted by Gasteiger charge is 2.22. The average molecular weight is 164 g/mol. The van der Waals surface area contributed by atoms with Crippen molar-refractivity contribution >= 4 is 0 Å². The van der Waals surface area contributed by atoms with E-state index in [0.717, 1.165) is 24.0 Å². The molecule has 0 bridgehead atoms. The number of benzene rings is 1. The maximum absolute atomic E-state index is 13.4. The monoisotopic (exact) mass is 164 g/mol. The lowest BCUT2D eigenvalue weighted by atomic mass is 10.0. The summed E-state index contributed by atoms with van der Waals surface area (Å²) in [6.07, 6.45) is 2.16. The van der Waals surface area contributed by atoms with Crippen molar-refractivity contribution in [3.05, 3.63) is 34.6 Å². The van der Waals surface area contributed by atoms with Crippen molar-refractivity contribution in [2.45, 2.75) is 32.6 Å². The average Bonchev–Trinajstić information content (AvgIpc) is 2.31. The van der Waals surface area contributed by atoms with Gasteiger partial charge in [-0.05, 0) is 48.4 Å². The molecule has 0 N–H and O–H groups in total. The molecule has 1 aliphatic carbocycles. The van der Waals surface area contributed by atoms with E-state index in [9.17, 15) is 4.39 Å². The molecule has 2 rings (SSSR count). The van der Waals surface area contributed by atoms with Gasteiger partial charge in [0.1, 0.15) is 5.82 Å². The van der Waals surface area contributed by atoms with Crippen molar-refractivity contribution in [3.8, 4) is 0 Å². The van der Waals surface area contributed by atoms with Crippen LogP contribution in [0.3, 0.4) is 0 Å². The highest BCUT2D eigenvalue weighted by molar-refractivity contribution is 5.38. The van der Waals surface area contributed by atoms with E-state index in [-0.39, 0.29) is 5.82 Å². The standard InChI is InChI=1S/C11H13F/c1-7-5-9-4-3-8(2)11(9)10(12)6-7/h5-6,8H,3-4H2,1-2H3. The van der Waals surface area contributed by atoms with Crippen molar-refractivity contribution in [2.75, 3.05) is 0 Å². The first-order valence-corrected chi connectivity index (χ1v) is 4.47. The summed E-state index contributed by atoms with van der Waals surface area (Å²) < 4.78 is 13.4. The van der Waals surface area contributed by atoms with Gasteiger partial charge in [0.15, 0.2) is 0 Å². The summed E-state index contributed by atoms with van der Waals surface area (Å²) in [4.78, 5) is 0. The second-order valence-corrected chi connectivity index (χ2v) is 3.76. The van der Waals surface area contributed by atoms with E-state index < -0.39 is 0 Å². The lowest BCUT2D eigenvalue weighted by Crippen LogP contribution is -1.93. The molecule has 64 valence electrons. The first-order valence-electron chi connectivity index (χ1n) is 4.47. The maximum Gasteiger partial charge on any atom is 0.127 e. The third-order valence-corrected chi connectivity index (χ3v) is 2.70. The van der Waals surface area contributed by atoms with Crippen LogP contribution in [0.15, 0.2) is 12.1 Å². The molecular weight excluding hydrogens is 151 g/mol. The maximum atomic E-state index is 13.4. The second kappa shape index (κ2) is 2.58. The van der Waals surface area contributed by atoms with Gasteiger partial charge in [-0.3, -0.25) is 0 Å². The largest absolute Gasteiger partial charge is 0.207 e. The molecule has 1 aliphatic rings. The van der Waals surface area contributed by atoms with Gasteiger partial charge < -0.3 is 0 Å². The van der Waals surface area contributed by atoms with Gasteiger partial charge in [-0.25, -0.2) is 4.39 Å². The van der Waals surface area contributed by atoms with Crippen LogP contribution in [0.4, 0.5) is 4.39 Å². The van der Waals surface area contributed by atoms with Gasteiger partial charge in [0.2, 0.25) is 0 Å². The van der Waals surface area contributed by atoms with Crippen molar-refractivity contribution in [2.24, 2.45) is 0 Å². The molecule has 12 heavy (non-hydrogen) atoms. The Morgan fingerprint density at radius 2 is 2.17 bits per heavy atom. The fourth-order valence-corrected chi connectivity index (χ4v) is 2.10. The Morgan fingerprint density at radius 1 is 1.42 bits per heavy atom. The van der Waals surface area contributed by atoms with E-state index in [4.69, 9.17) is 0 Å². The van der Waals surface area contributed by atoms with Crippen LogP contribution >= 0.6 is 0 Å². The van der Waals surface area contributed by atoms with Crippen molar-refractivity contribution in [3.63, 3.8) is 0 Å². The Morgan fingerprint density at radius 3 is 2.92 bits per heavy atom. The first-order chi connectivity index (χ1) is 5.68. The van der Waals surface area contributed by atoms with Crippen LogP contribution in [0.2, 0.25) is 0 Å². The molecule has 1 unspecified atom stereocenters. The Hall–Kier alpha value is -0.850.